The normalized spacial score (nSPS) is 15.6. The first kappa shape index (κ1) is 25.9. The molecule has 1 saturated heterocycles. The molecule has 0 N–H and O–H groups in total. The first-order valence-electron chi connectivity index (χ1n) is 12.6. The molecule has 0 bridgehead atoms. The number of benzene rings is 2. The highest BCUT2D eigenvalue weighted by molar-refractivity contribution is 7.99. The van der Waals surface area contributed by atoms with Crippen molar-refractivity contribution in [2.75, 3.05) is 25.4 Å². The number of para-hydroxylation sites is 1. The Morgan fingerprint density at radius 3 is 2.61 bits per heavy atom. The second-order valence-electron chi connectivity index (χ2n) is 9.18. The molecule has 1 fully saturated rings. The van der Waals surface area contributed by atoms with Gasteiger partial charge in [-0.2, -0.15) is 0 Å². The molecule has 2 aromatic carbocycles. The van der Waals surface area contributed by atoms with E-state index in [2.05, 4.69) is 65.0 Å². The van der Waals surface area contributed by atoms with Gasteiger partial charge < -0.3 is 9.64 Å². The summed E-state index contributed by atoms with van der Waals surface area (Å²) in [5.41, 5.74) is 4.40. The maximum absolute atomic E-state index is 12.8. The number of esters is 1. The van der Waals surface area contributed by atoms with Gasteiger partial charge in [0.05, 0.1) is 18.2 Å². The summed E-state index contributed by atoms with van der Waals surface area (Å²) in [4.78, 5) is 26.7. The van der Waals surface area contributed by atoms with E-state index in [1.165, 1.54) is 5.56 Å². The topological polar surface area (TPSA) is 77.3 Å². The van der Waals surface area contributed by atoms with Crippen molar-refractivity contribution in [1.29, 1.82) is 0 Å². The van der Waals surface area contributed by atoms with E-state index in [4.69, 9.17) is 4.74 Å². The van der Waals surface area contributed by atoms with E-state index in [1.54, 1.807) is 11.8 Å². The molecule has 1 aromatic heterocycles. The molecule has 1 amide bonds. The van der Waals surface area contributed by atoms with Crippen LogP contribution in [-0.4, -0.2) is 57.0 Å². The number of hydrogen-bond donors (Lipinski definition) is 0. The molecule has 1 unspecified atom stereocenters. The standard InChI is InChI=1S/C28H34N4O3S/c1-4-35-27(34)23-10-7-17-31(19-23)25(33)12-8-18-36-28-30-29-26(22-15-13-20(2)14-16-22)32(28)24-11-6-5-9-21(24)3/h5-6,9,11,13-16,23H,4,7-8,10,12,17-19H2,1-3H3. The predicted molar refractivity (Wildman–Crippen MR) is 142 cm³/mol. The molecule has 4 rings (SSSR count). The van der Waals surface area contributed by atoms with Crippen molar-refractivity contribution < 1.29 is 14.3 Å². The zero-order valence-corrected chi connectivity index (χ0v) is 22.1. The van der Waals surface area contributed by atoms with Crippen LogP contribution >= 0.6 is 11.8 Å². The first-order chi connectivity index (χ1) is 17.5. The van der Waals surface area contributed by atoms with E-state index in [0.717, 1.165) is 52.8 Å². The molecule has 3 aromatic rings. The first-order valence-corrected chi connectivity index (χ1v) is 13.6. The molecule has 1 atom stereocenters. The third-order valence-electron chi connectivity index (χ3n) is 6.46. The van der Waals surface area contributed by atoms with Crippen molar-refractivity contribution in [2.24, 2.45) is 5.92 Å². The van der Waals surface area contributed by atoms with Gasteiger partial charge in [-0.15, -0.1) is 10.2 Å². The molecular formula is C28H34N4O3S. The number of aryl methyl sites for hydroxylation is 2. The van der Waals surface area contributed by atoms with E-state index in [0.29, 0.717) is 26.1 Å². The number of aromatic nitrogens is 3. The Balaban J connectivity index is 1.41. The number of hydrogen-bond acceptors (Lipinski definition) is 6. The molecule has 2 heterocycles. The summed E-state index contributed by atoms with van der Waals surface area (Å²) in [6, 6.07) is 16.5. The van der Waals surface area contributed by atoms with Gasteiger partial charge in [-0.25, -0.2) is 0 Å². The van der Waals surface area contributed by atoms with Crippen LogP contribution < -0.4 is 0 Å². The summed E-state index contributed by atoms with van der Waals surface area (Å²) in [7, 11) is 0. The average Bonchev–Trinajstić information content (AvgIpc) is 3.31. The number of piperidine rings is 1. The number of nitrogens with zero attached hydrogens (tertiary/aromatic N) is 4. The van der Waals surface area contributed by atoms with Gasteiger partial charge in [0.25, 0.3) is 0 Å². The number of carbonyl (C=O) groups excluding carboxylic acids is 2. The van der Waals surface area contributed by atoms with Crippen LogP contribution in [0.4, 0.5) is 0 Å². The summed E-state index contributed by atoms with van der Waals surface area (Å²) in [5, 5.41) is 9.86. The van der Waals surface area contributed by atoms with E-state index in [1.807, 2.05) is 24.0 Å². The van der Waals surface area contributed by atoms with Gasteiger partial charge >= 0.3 is 5.97 Å². The highest BCUT2D eigenvalue weighted by Gasteiger charge is 2.29. The summed E-state index contributed by atoms with van der Waals surface area (Å²) in [6.45, 7) is 7.52. The van der Waals surface area contributed by atoms with Crippen LogP contribution in [0.3, 0.4) is 0 Å². The Morgan fingerprint density at radius 2 is 1.86 bits per heavy atom. The number of thioether (sulfide) groups is 1. The van der Waals surface area contributed by atoms with Crippen molar-refractivity contribution in [2.45, 2.75) is 51.6 Å². The Kier molecular flexibility index (Phi) is 8.80. The molecule has 8 heteroatoms. The molecule has 190 valence electrons. The van der Waals surface area contributed by atoms with Crippen LogP contribution in [0, 0.1) is 19.8 Å². The molecule has 1 aliphatic heterocycles. The lowest BCUT2D eigenvalue weighted by Crippen LogP contribution is -2.42. The van der Waals surface area contributed by atoms with Crippen molar-refractivity contribution in [3.05, 3.63) is 59.7 Å². The molecule has 36 heavy (non-hydrogen) atoms. The lowest BCUT2D eigenvalue weighted by atomic mass is 9.98. The number of rotatable bonds is 9. The number of likely N-dealkylation sites (tertiary alicyclic amines) is 1. The Hall–Kier alpha value is -3.13. The van der Waals surface area contributed by atoms with Crippen LogP contribution in [0.1, 0.15) is 43.7 Å². The van der Waals surface area contributed by atoms with Gasteiger partial charge in [0, 0.05) is 30.8 Å². The van der Waals surface area contributed by atoms with Crippen LogP contribution in [0.2, 0.25) is 0 Å². The Labute approximate surface area is 217 Å². The molecular weight excluding hydrogens is 472 g/mol. The monoisotopic (exact) mass is 506 g/mol. The SMILES string of the molecule is CCOC(=O)C1CCCN(C(=O)CCCSc2nnc(-c3ccc(C)cc3)n2-c2ccccc2C)C1. The van der Waals surface area contributed by atoms with Crippen molar-refractivity contribution >= 4 is 23.6 Å². The molecule has 7 nitrogen and oxygen atoms in total. The fraction of sp³-hybridized carbons (Fsp3) is 0.429. The number of ether oxygens (including phenoxy) is 1. The lowest BCUT2D eigenvalue weighted by molar-refractivity contribution is -0.151. The van der Waals surface area contributed by atoms with Gasteiger partial charge in [0.15, 0.2) is 11.0 Å². The van der Waals surface area contributed by atoms with Crippen molar-refractivity contribution in [1.82, 2.24) is 19.7 Å². The summed E-state index contributed by atoms with van der Waals surface area (Å²) >= 11 is 1.61. The smallest absolute Gasteiger partial charge is 0.310 e. The summed E-state index contributed by atoms with van der Waals surface area (Å²) in [5.74, 6) is 1.26. The van der Waals surface area contributed by atoms with Gasteiger partial charge in [-0.3, -0.25) is 14.2 Å². The third kappa shape index (κ3) is 6.16. The van der Waals surface area contributed by atoms with Gasteiger partial charge in [-0.1, -0.05) is 59.8 Å². The number of amides is 1. The number of carbonyl (C=O) groups is 2. The maximum Gasteiger partial charge on any atom is 0.310 e. The minimum Gasteiger partial charge on any atom is -0.466 e. The van der Waals surface area contributed by atoms with E-state index in [9.17, 15) is 9.59 Å². The largest absolute Gasteiger partial charge is 0.466 e. The lowest BCUT2D eigenvalue weighted by Gasteiger charge is -2.31. The molecule has 0 aliphatic carbocycles. The second-order valence-corrected chi connectivity index (χ2v) is 10.2. The van der Waals surface area contributed by atoms with Crippen LogP contribution in [0.15, 0.2) is 53.7 Å². The zero-order chi connectivity index (χ0) is 25.5. The van der Waals surface area contributed by atoms with E-state index >= 15 is 0 Å². The highest BCUT2D eigenvalue weighted by atomic mass is 32.2. The van der Waals surface area contributed by atoms with Gasteiger partial charge in [0.2, 0.25) is 5.91 Å². The van der Waals surface area contributed by atoms with Crippen LogP contribution in [0.25, 0.3) is 17.1 Å². The van der Waals surface area contributed by atoms with Crippen LogP contribution in [-0.2, 0) is 14.3 Å². The van der Waals surface area contributed by atoms with E-state index < -0.39 is 0 Å². The van der Waals surface area contributed by atoms with Crippen LogP contribution in [0.5, 0.6) is 0 Å². The van der Waals surface area contributed by atoms with Gasteiger partial charge in [-0.05, 0) is 51.7 Å². The minimum atomic E-state index is -0.204. The minimum absolute atomic E-state index is 0.102. The fourth-order valence-corrected chi connectivity index (χ4v) is 5.37. The highest BCUT2D eigenvalue weighted by Crippen LogP contribution is 2.30. The summed E-state index contributed by atoms with van der Waals surface area (Å²) in [6.07, 6.45) is 2.80. The zero-order valence-electron chi connectivity index (χ0n) is 21.3. The van der Waals surface area contributed by atoms with Crippen molar-refractivity contribution in [3.63, 3.8) is 0 Å². The summed E-state index contributed by atoms with van der Waals surface area (Å²) < 4.78 is 7.27. The Morgan fingerprint density at radius 1 is 1.08 bits per heavy atom. The molecule has 1 aliphatic rings. The average molecular weight is 507 g/mol. The molecule has 0 radical (unpaired) electrons. The second kappa shape index (κ2) is 12.2. The maximum atomic E-state index is 12.8. The predicted octanol–water partition coefficient (Wildman–Crippen LogP) is 5.23. The molecule has 0 spiro atoms. The van der Waals surface area contributed by atoms with E-state index in [-0.39, 0.29) is 17.8 Å². The Bertz CT molecular complexity index is 1190. The third-order valence-corrected chi connectivity index (χ3v) is 7.47. The molecule has 0 saturated carbocycles. The fourth-order valence-electron chi connectivity index (χ4n) is 4.49. The van der Waals surface area contributed by atoms with Gasteiger partial charge in [0.1, 0.15) is 0 Å². The van der Waals surface area contributed by atoms with Crippen molar-refractivity contribution in [3.8, 4) is 17.1 Å². The quantitative estimate of drug-likeness (QED) is 0.225.